The Balaban J connectivity index is 0.000000921. The fourth-order valence-electron chi connectivity index (χ4n) is 1.04. The van der Waals surface area contributed by atoms with Gasteiger partial charge in [0.05, 0.1) is 7.11 Å². The zero-order valence-electron chi connectivity index (χ0n) is 9.63. The van der Waals surface area contributed by atoms with Gasteiger partial charge in [-0.15, -0.1) is 0 Å². The van der Waals surface area contributed by atoms with E-state index in [1.165, 1.54) is 25.3 Å². The van der Waals surface area contributed by atoms with Crippen LogP contribution in [-0.4, -0.2) is 12.9 Å². The van der Waals surface area contributed by atoms with Gasteiger partial charge in [-0.25, -0.2) is 4.39 Å². The summed E-state index contributed by atoms with van der Waals surface area (Å²) in [5.74, 6) is -0.354. The molecule has 0 aliphatic heterocycles. The fourth-order valence-corrected chi connectivity index (χ4v) is 1.04. The van der Waals surface area contributed by atoms with Crippen LogP contribution in [0.1, 0.15) is 37.6 Å². The van der Waals surface area contributed by atoms with Crippen molar-refractivity contribution in [2.45, 2.75) is 27.2 Å². The van der Waals surface area contributed by atoms with Gasteiger partial charge < -0.3 is 4.74 Å². The molecule has 0 amide bonds. The molecular weight excluding hydrogens is 195 g/mol. The first-order chi connectivity index (χ1) is 7.19. The Morgan fingerprint density at radius 3 is 2.47 bits per heavy atom. The van der Waals surface area contributed by atoms with Crippen LogP contribution < -0.4 is 4.74 Å². The van der Waals surface area contributed by atoms with Gasteiger partial charge in [0.1, 0.15) is 0 Å². The standard InChI is InChI=1S/C10H11FO2.C2H6/c1-3-9(12)7-4-5-8(11)10(6-7)13-2;1-2/h4-6H,3H2,1-2H3;1-2H3. The van der Waals surface area contributed by atoms with Crippen molar-refractivity contribution in [1.29, 1.82) is 0 Å². The number of methoxy groups -OCH3 is 1. The van der Waals surface area contributed by atoms with Crippen molar-refractivity contribution in [2.75, 3.05) is 7.11 Å². The van der Waals surface area contributed by atoms with Crippen molar-refractivity contribution in [2.24, 2.45) is 0 Å². The first kappa shape index (κ1) is 13.6. The SMILES string of the molecule is CC.CCC(=O)c1ccc(F)c(OC)c1. The van der Waals surface area contributed by atoms with Gasteiger partial charge in [0.2, 0.25) is 0 Å². The molecule has 0 spiro atoms. The van der Waals surface area contributed by atoms with Gasteiger partial charge in [-0.3, -0.25) is 4.79 Å². The molecule has 1 aromatic rings. The van der Waals surface area contributed by atoms with Gasteiger partial charge in [0, 0.05) is 12.0 Å². The molecule has 0 fully saturated rings. The van der Waals surface area contributed by atoms with Crippen molar-refractivity contribution >= 4 is 5.78 Å². The maximum absolute atomic E-state index is 12.9. The molecule has 15 heavy (non-hydrogen) atoms. The Hall–Kier alpha value is -1.38. The van der Waals surface area contributed by atoms with Gasteiger partial charge in [0.25, 0.3) is 0 Å². The van der Waals surface area contributed by atoms with Crippen LogP contribution in [0.5, 0.6) is 5.75 Å². The van der Waals surface area contributed by atoms with Crippen LogP contribution in [0.4, 0.5) is 4.39 Å². The van der Waals surface area contributed by atoms with Gasteiger partial charge in [-0.1, -0.05) is 20.8 Å². The van der Waals surface area contributed by atoms with Crippen LogP contribution in [-0.2, 0) is 0 Å². The molecule has 1 rings (SSSR count). The van der Waals surface area contributed by atoms with Crippen molar-refractivity contribution < 1.29 is 13.9 Å². The number of Topliss-reactive ketones (excluding diaryl/α,β-unsaturated/α-hetero) is 1. The maximum Gasteiger partial charge on any atom is 0.165 e. The number of carbonyl (C=O) groups is 1. The number of benzene rings is 1. The summed E-state index contributed by atoms with van der Waals surface area (Å²) in [6.07, 6.45) is 0.411. The van der Waals surface area contributed by atoms with Crippen molar-refractivity contribution in [3.8, 4) is 5.75 Å². The number of halogens is 1. The van der Waals surface area contributed by atoms with Crippen molar-refractivity contribution in [3.63, 3.8) is 0 Å². The normalized spacial score (nSPS) is 8.87. The third-order valence-electron chi connectivity index (χ3n) is 1.79. The van der Waals surface area contributed by atoms with Crippen LogP contribution >= 0.6 is 0 Å². The average Bonchev–Trinajstić information content (AvgIpc) is 2.31. The Morgan fingerprint density at radius 1 is 1.40 bits per heavy atom. The van der Waals surface area contributed by atoms with E-state index < -0.39 is 5.82 Å². The Kier molecular flexibility index (Phi) is 6.34. The zero-order valence-corrected chi connectivity index (χ0v) is 9.63. The quantitative estimate of drug-likeness (QED) is 0.717. The molecule has 0 saturated carbocycles. The van der Waals surface area contributed by atoms with Crippen molar-refractivity contribution in [1.82, 2.24) is 0 Å². The summed E-state index contributed by atoms with van der Waals surface area (Å²) < 4.78 is 17.7. The molecule has 0 aromatic heterocycles. The molecule has 3 heteroatoms. The molecule has 84 valence electrons. The number of carbonyl (C=O) groups excluding carboxylic acids is 1. The highest BCUT2D eigenvalue weighted by atomic mass is 19.1. The van der Waals surface area contributed by atoms with Crippen LogP contribution in [0.15, 0.2) is 18.2 Å². The van der Waals surface area contributed by atoms with Crippen LogP contribution in [0, 0.1) is 5.82 Å². The Morgan fingerprint density at radius 2 is 2.00 bits per heavy atom. The number of ether oxygens (including phenoxy) is 1. The molecule has 0 aliphatic carbocycles. The van der Waals surface area contributed by atoms with Crippen LogP contribution in [0.3, 0.4) is 0 Å². The second-order valence-electron chi connectivity index (χ2n) is 2.63. The topological polar surface area (TPSA) is 26.3 Å². The second-order valence-corrected chi connectivity index (χ2v) is 2.63. The molecule has 0 radical (unpaired) electrons. The summed E-state index contributed by atoms with van der Waals surface area (Å²) in [7, 11) is 1.37. The van der Waals surface area contributed by atoms with Gasteiger partial charge >= 0.3 is 0 Å². The molecule has 2 nitrogen and oxygen atoms in total. The monoisotopic (exact) mass is 212 g/mol. The highest BCUT2D eigenvalue weighted by Gasteiger charge is 2.07. The smallest absolute Gasteiger partial charge is 0.165 e. The third-order valence-corrected chi connectivity index (χ3v) is 1.79. The minimum absolute atomic E-state index is 0.0155. The van der Waals surface area contributed by atoms with E-state index >= 15 is 0 Å². The first-order valence-corrected chi connectivity index (χ1v) is 5.05. The van der Waals surface area contributed by atoms with E-state index in [0.29, 0.717) is 12.0 Å². The summed E-state index contributed by atoms with van der Waals surface area (Å²) in [5.41, 5.74) is 0.487. The summed E-state index contributed by atoms with van der Waals surface area (Å²) >= 11 is 0. The average molecular weight is 212 g/mol. The van der Waals surface area contributed by atoms with Crippen molar-refractivity contribution in [3.05, 3.63) is 29.6 Å². The lowest BCUT2D eigenvalue weighted by Gasteiger charge is -2.03. The second kappa shape index (κ2) is 6.98. The Labute approximate surface area is 90.1 Å². The minimum atomic E-state index is -0.449. The molecule has 0 N–H and O–H groups in total. The van der Waals surface area contributed by atoms with E-state index in [-0.39, 0.29) is 11.5 Å². The van der Waals surface area contributed by atoms with E-state index in [0.717, 1.165) is 0 Å². The van der Waals surface area contributed by atoms with E-state index in [1.807, 2.05) is 13.8 Å². The van der Waals surface area contributed by atoms with Gasteiger partial charge in [-0.05, 0) is 18.2 Å². The molecule has 0 atom stereocenters. The lowest BCUT2D eigenvalue weighted by Crippen LogP contribution is -1.98. The highest BCUT2D eigenvalue weighted by molar-refractivity contribution is 5.96. The summed E-state index contributed by atoms with van der Waals surface area (Å²) in [6.45, 7) is 5.76. The third kappa shape index (κ3) is 3.70. The summed E-state index contributed by atoms with van der Waals surface area (Å²) in [4.78, 5) is 11.2. The van der Waals surface area contributed by atoms with Crippen LogP contribution in [0.2, 0.25) is 0 Å². The molecule has 1 aromatic carbocycles. The summed E-state index contributed by atoms with van der Waals surface area (Å²) in [6, 6.07) is 4.12. The van der Waals surface area contributed by atoms with Gasteiger partial charge in [0.15, 0.2) is 17.3 Å². The van der Waals surface area contributed by atoms with E-state index in [1.54, 1.807) is 6.92 Å². The Bertz CT molecular complexity index is 321. The maximum atomic E-state index is 12.9. The highest BCUT2D eigenvalue weighted by Crippen LogP contribution is 2.18. The minimum Gasteiger partial charge on any atom is -0.494 e. The predicted octanol–water partition coefficient (Wildman–Crippen LogP) is 3.45. The molecule has 0 heterocycles. The van der Waals surface area contributed by atoms with E-state index in [9.17, 15) is 9.18 Å². The molecular formula is C12H17FO2. The number of hydrogen-bond acceptors (Lipinski definition) is 2. The number of ketones is 1. The number of rotatable bonds is 3. The van der Waals surface area contributed by atoms with E-state index in [4.69, 9.17) is 4.74 Å². The lowest BCUT2D eigenvalue weighted by molar-refractivity contribution is 0.0987. The first-order valence-electron chi connectivity index (χ1n) is 5.05. The predicted molar refractivity (Wildman–Crippen MR) is 58.9 cm³/mol. The largest absolute Gasteiger partial charge is 0.494 e. The molecule has 0 aliphatic rings. The zero-order chi connectivity index (χ0) is 11.8. The van der Waals surface area contributed by atoms with Gasteiger partial charge in [-0.2, -0.15) is 0 Å². The van der Waals surface area contributed by atoms with Crippen LogP contribution in [0.25, 0.3) is 0 Å². The molecule has 0 unspecified atom stereocenters. The number of hydrogen-bond donors (Lipinski definition) is 0. The fraction of sp³-hybridized carbons (Fsp3) is 0.417. The summed E-state index contributed by atoms with van der Waals surface area (Å²) in [5, 5.41) is 0. The lowest BCUT2D eigenvalue weighted by atomic mass is 10.1. The molecule has 0 saturated heterocycles. The molecule has 0 bridgehead atoms. The van der Waals surface area contributed by atoms with E-state index in [2.05, 4.69) is 0 Å².